The highest BCUT2D eigenvalue weighted by Gasteiger charge is 2.24. The molecule has 1 fully saturated rings. The normalized spacial score (nSPS) is 14.1. The molecule has 0 unspecified atom stereocenters. The second-order valence-electron chi connectivity index (χ2n) is 7.38. The number of hydrogen-bond donors (Lipinski definition) is 3. The highest BCUT2D eigenvalue weighted by Crippen LogP contribution is 2.19. The smallest absolute Gasteiger partial charge is 0.321 e. The molecule has 1 aliphatic heterocycles. The van der Waals surface area contributed by atoms with Crippen LogP contribution >= 0.6 is 22.7 Å². The van der Waals surface area contributed by atoms with E-state index < -0.39 is 0 Å². The van der Waals surface area contributed by atoms with Gasteiger partial charge in [-0.25, -0.2) is 9.78 Å². The second-order valence-corrected chi connectivity index (χ2v) is 9.18. The number of anilines is 2. The van der Waals surface area contributed by atoms with Crippen molar-refractivity contribution in [3.63, 3.8) is 0 Å². The third-order valence-corrected chi connectivity index (χ3v) is 6.71. The Labute approximate surface area is 193 Å². The zero-order chi connectivity index (χ0) is 22.3. The Morgan fingerprint density at radius 1 is 1.00 bits per heavy atom. The number of aromatic nitrogens is 1. The van der Waals surface area contributed by atoms with Crippen molar-refractivity contribution >= 4 is 51.3 Å². The van der Waals surface area contributed by atoms with E-state index in [1.165, 1.54) is 22.7 Å². The number of urea groups is 1. The first-order valence-electron chi connectivity index (χ1n) is 10.3. The molecule has 1 aliphatic rings. The molecule has 3 N–H and O–H groups in total. The van der Waals surface area contributed by atoms with Gasteiger partial charge in [0, 0.05) is 30.2 Å². The molecule has 0 bridgehead atoms. The van der Waals surface area contributed by atoms with Crippen molar-refractivity contribution in [2.75, 3.05) is 23.7 Å². The van der Waals surface area contributed by atoms with E-state index in [0.29, 0.717) is 41.6 Å². The molecule has 3 heterocycles. The van der Waals surface area contributed by atoms with Crippen LogP contribution in [0.2, 0.25) is 0 Å². The Morgan fingerprint density at radius 2 is 1.78 bits per heavy atom. The highest BCUT2D eigenvalue weighted by molar-refractivity contribution is 7.14. The minimum Gasteiger partial charge on any atom is -0.353 e. The summed E-state index contributed by atoms with van der Waals surface area (Å²) in [5.74, 6) is -0.313. The summed E-state index contributed by atoms with van der Waals surface area (Å²) in [6, 6.07) is 12.8. The summed E-state index contributed by atoms with van der Waals surface area (Å²) in [6.45, 7) is 1.17. The van der Waals surface area contributed by atoms with E-state index in [1.807, 2.05) is 41.8 Å². The number of para-hydroxylation sites is 1. The molecule has 0 radical (unpaired) electrons. The molecule has 4 rings (SSSR count). The predicted octanol–water partition coefficient (Wildman–Crippen LogP) is 3.81. The average molecular weight is 470 g/mol. The van der Waals surface area contributed by atoms with Crippen LogP contribution in [-0.2, 0) is 11.2 Å². The van der Waals surface area contributed by atoms with Gasteiger partial charge in [-0.2, -0.15) is 0 Å². The number of amides is 4. The fourth-order valence-electron chi connectivity index (χ4n) is 3.41. The second kappa shape index (κ2) is 10.4. The third-order valence-electron chi connectivity index (χ3n) is 5.03. The molecule has 1 aromatic carbocycles. The SMILES string of the molecule is O=C(Cc1csc(NC(=O)c2cccs2)n1)NC1CCN(C(=O)Nc2ccccc2)CC1. The molecule has 8 nitrogen and oxygen atoms in total. The van der Waals surface area contributed by atoms with Crippen LogP contribution in [0.4, 0.5) is 15.6 Å². The maximum absolute atomic E-state index is 12.4. The van der Waals surface area contributed by atoms with E-state index in [0.717, 1.165) is 5.69 Å². The lowest BCUT2D eigenvalue weighted by molar-refractivity contribution is -0.121. The first-order chi connectivity index (χ1) is 15.6. The van der Waals surface area contributed by atoms with Crippen molar-refractivity contribution in [3.05, 3.63) is 63.8 Å². The average Bonchev–Trinajstić information content (AvgIpc) is 3.47. The molecule has 0 aliphatic carbocycles. The van der Waals surface area contributed by atoms with Gasteiger partial charge in [-0.05, 0) is 36.4 Å². The van der Waals surface area contributed by atoms with E-state index in [1.54, 1.807) is 16.3 Å². The fourth-order valence-corrected chi connectivity index (χ4v) is 4.73. The van der Waals surface area contributed by atoms with Crippen molar-refractivity contribution in [1.29, 1.82) is 0 Å². The van der Waals surface area contributed by atoms with Crippen molar-refractivity contribution in [2.24, 2.45) is 0 Å². The molecular weight excluding hydrogens is 446 g/mol. The fraction of sp³-hybridized carbons (Fsp3) is 0.273. The van der Waals surface area contributed by atoms with Crippen LogP contribution in [0.3, 0.4) is 0 Å². The summed E-state index contributed by atoms with van der Waals surface area (Å²) in [7, 11) is 0. The first-order valence-corrected chi connectivity index (χ1v) is 12.0. The Morgan fingerprint density at radius 3 is 2.50 bits per heavy atom. The van der Waals surface area contributed by atoms with Gasteiger partial charge in [0.25, 0.3) is 5.91 Å². The molecule has 4 amide bonds. The van der Waals surface area contributed by atoms with Gasteiger partial charge >= 0.3 is 6.03 Å². The minimum atomic E-state index is -0.201. The van der Waals surface area contributed by atoms with E-state index in [2.05, 4.69) is 20.9 Å². The van der Waals surface area contributed by atoms with Crippen LogP contribution in [0.1, 0.15) is 28.2 Å². The number of nitrogens with zero attached hydrogens (tertiary/aromatic N) is 2. The Bertz CT molecular complexity index is 1060. The summed E-state index contributed by atoms with van der Waals surface area (Å²) in [5, 5.41) is 12.8. The van der Waals surface area contributed by atoms with E-state index in [9.17, 15) is 14.4 Å². The van der Waals surface area contributed by atoms with Gasteiger partial charge in [0.05, 0.1) is 17.0 Å². The van der Waals surface area contributed by atoms with Gasteiger partial charge in [-0.1, -0.05) is 24.3 Å². The van der Waals surface area contributed by atoms with Gasteiger partial charge in [0.2, 0.25) is 5.91 Å². The van der Waals surface area contributed by atoms with Crippen molar-refractivity contribution in [1.82, 2.24) is 15.2 Å². The van der Waals surface area contributed by atoms with Gasteiger partial charge in [-0.15, -0.1) is 22.7 Å². The lowest BCUT2D eigenvalue weighted by atomic mass is 10.1. The molecule has 32 heavy (non-hydrogen) atoms. The van der Waals surface area contributed by atoms with Crippen LogP contribution < -0.4 is 16.0 Å². The standard InChI is InChI=1S/C22H23N5O3S2/c28-19(13-17-14-32-21(24-17)26-20(29)18-7-4-12-31-18)23-16-8-10-27(11-9-16)22(30)25-15-5-2-1-3-6-15/h1-7,12,14,16H,8-11,13H2,(H,23,28)(H,25,30)(H,24,26,29). The van der Waals surface area contributed by atoms with Crippen LogP contribution in [0.5, 0.6) is 0 Å². The topological polar surface area (TPSA) is 103 Å². The minimum absolute atomic E-state index is 0.0277. The quantitative estimate of drug-likeness (QED) is 0.511. The Kier molecular flexibility index (Phi) is 7.13. The van der Waals surface area contributed by atoms with Gasteiger partial charge in [0.15, 0.2) is 5.13 Å². The molecular formula is C22H23N5O3S2. The summed E-state index contributed by atoms with van der Waals surface area (Å²) in [5.41, 5.74) is 1.38. The molecule has 0 spiro atoms. The monoisotopic (exact) mass is 469 g/mol. The van der Waals surface area contributed by atoms with Gasteiger partial charge < -0.3 is 15.5 Å². The largest absolute Gasteiger partial charge is 0.353 e. The van der Waals surface area contributed by atoms with Crippen molar-refractivity contribution < 1.29 is 14.4 Å². The predicted molar refractivity (Wildman–Crippen MR) is 126 cm³/mol. The molecule has 0 atom stereocenters. The van der Waals surface area contributed by atoms with Gasteiger partial charge in [-0.3, -0.25) is 14.9 Å². The number of thiophene rings is 1. The zero-order valence-electron chi connectivity index (χ0n) is 17.2. The number of likely N-dealkylation sites (tertiary alicyclic amines) is 1. The summed E-state index contributed by atoms with van der Waals surface area (Å²) >= 11 is 2.66. The Hall–Kier alpha value is -3.24. The van der Waals surface area contributed by atoms with Crippen LogP contribution in [0.15, 0.2) is 53.2 Å². The van der Waals surface area contributed by atoms with E-state index >= 15 is 0 Å². The highest BCUT2D eigenvalue weighted by atomic mass is 32.1. The summed E-state index contributed by atoms with van der Waals surface area (Å²) in [4.78, 5) is 43.6. The molecule has 2 aromatic heterocycles. The number of benzene rings is 1. The number of nitrogens with one attached hydrogen (secondary N) is 3. The first kappa shape index (κ1) is 22.0. The third kappa shape index (κ3) is 5.92. The maximum atomic E-state index is 12.4. The van der Waals surface area contributed by atoms with Crippen LogP contribution in [0.25, 0.3) is 0 Å². The number of thiazole rings is 1. The zero-order valence-corrected chi connectivity index (χ0v) is 18.9. The molecule has 10 heteroatoms. The number of piperidine rings is 1. The molecule has 0 saturated carbocycles. The summed E-state index contributed by atoms with van der Waals surface area (Å²) < 4.78 is 0. The van der Waals surface area contributed by atoms with Gasteiger partial charge in [0.1, 0.15) is 0 Å². The number of hydrogen-bond acceptors (Lipinski definition) is 6. The summed E-state index contributed by atoms with van der Waals surface area (Å²) in [6.07, 6.45) is 1.56. The van der Waals surface area contributed by atoms with Crippen molar-refractivity contribution in [2.45, 2.75) is 25.3 Å². The van der Waals surface area contributed by atoms with Crippen molar-refractivity contribution in [3.8, 4) is 0 Å². The lowest BCUT2D eigenvalue weighted by Crippen LogP contribution is -2.48. The lowest BCUT2D eigenvalue weighted by Gasteiger charge is -2.32. The number of rotatable bonds is 6. The number of carbonyl (C=O) groups excluding carboxylic acids is 3. The number of carbonyl (C=O) groups is 3. The van der Waals surface area contributed by atoms with E-state index in [-0.39, 0.29) is 30.3 Å². The maximum Gasteiger partial charge on any atom is 0.321 e. The molecule has 3 aromatic rings. The van der Waals surface area contributed by atoms with E-state index in [4.69, 9.17) is 0 Å². The van der Waals surface area contributed by atoms with Crippen LogP contribution in [0, 0.1) is 0 Å². The molecule has 166 valence electrons. The van der Waals surface area contributed by atoms with Crippen LogP contribution in [-0.4, -0.2) is 46.9 Å². The molecule has 1 saturated heterocycles. The Balaban J connectivity index is 1.20.